The minimum atomic E-state index is -4.96. The molecule has 2 unspecified atom stereocenters. The van der Waals surface area contributed by atoms with Crippen LogP contribution in [0.4, 0.5) is 0 Å². The molecule has 0 saturated carbocycles. The van der Waals surface area contributed by atoms with Gasteiger partial charge >= 0.3 is 39.5 Å². The summed E-state index contributed by atoms with van der Waals surface area (Å²) in [6.07, 6.45) is 53.9. The van der Waals surface area contributed by atoms with Gasteiger partial charge in [-0.1, -0.05) is 337 Å². The van der Waals surface area contributed by atoms with Gasteiger partial charge in [-0.3, -0.25) is 37.3 Å². The second-order valence-electron chi connectivity index (χ2n) is 28.0. The van der Waals surface area contributed by atoms with Crippen molar-refractivity contribution in [1.29, 1.82) is 0 Å². The molecule has 0 aliphatic carbocycles. The lowest BCUT2D eigenvalue weighted by molar-refractivity contribution is -0.161. The fourth-order valence-electron chi connectivity index (χ4n) is 11.5. The van der Waals surface area contributed by atoms with Crippen molar-refractivity contribution in [2.45, 2.75) is 407 Å². The summed E-state index contributed by atoms with van der Waals surface area (Å²) < 4.78 is 68.5. The summed E-state index contributed by atoms with van der Waals surface area (Å²) in [6.45, 7) is 9.62. The van der Waals surface area contributed by atoms with E-state index in [9.17, 15) is 43.2 Å². The zero-order valence-corrected chi connectivity index (χ0v) is 63.1. The first-order valence-electron chi connectivity index (χ1n) is 39.0. The molecule has 19 heteroatoms. The molecule has 0 radical (unpaired) electrons. The zero-order chi connectivity index (χ0) is 69.3. The number of aliphatic hydroxyl groups is 1. The van der Waals surface area contributed by atoms with Gasteiger partial charge in [0.15, 0.2) is 12.2 Å². The number of phosphoric acid groups is 2. The molecule has 0 aromatic rings. The fourth-order valence-corrected chi connectivity index (χ4v) is 13.1. The normalized spacial score (nSPS) is 14.0. The predicted octanol–water partition coefficient (Wildman–Crippen LogP) is 21.9. The van der Waals surface area contributed by atoms with E-state index in [2.05, 4.69) is 41.5 Å². The molecule has 558 valence electrons. The molecular formula is C75H146O17P2. The molecule has 17 nitrogen and oxygen atoms in total. The molecule has 3 N–H and O–H groups in total. The number of hydrogen-bond acceptors (Lipinski definition) is 15. The van der Waals surface area contributed by atoms with Gasteiger partial charge in [-0.2, -0.15) is 0 Å². The first-order valence-corrected chi connectivity index (χ1v) is 42.0. The Morgan fingerprint density at radius 3 is 0.723 bits per heavy atom. The number of carbonyl (C=O) groups is 4. The molecule has 0 saturated heterocycles. The van der Waals surface area contributed by atoms with E-state index in [1.165, 1.54) is 205 Å². The number of rotatable bonds is 74. The summed E-state index contributed by atoms with van der Waals surface area (Å²) in [7, 11) is -9.91. The first kappa shape index (κ1) is 92.1. The third-order valence-corrected chi connectivity index (χ3v) is 19.4. The van der Waals surface area contributed by atoms with Gasteiger partial charge in [0, 0.05) is 25.7 Å². The number of esters is 4. The van der Waals surface area contributed by atoms with Crippen molar-refractivity contribution in [1.82, 2.24) is 0 Å². The Morgan fingerprint density at radius 1 is 0.287 bits per heavy atom. The van der Waals surface area contributed by atoms with Crippen LogP contribution < -0.4 is 0 Å². The predicted molar refractivity (Wildman–Crippen MR) is 381 cm³/mol. The Hall–Kier alpha value is -1.94. The molecule has 0 aromatic carbocycles. The van der Waals surface area contributed by atoms with Gasteiger partial charge in [0.1, 0.15) is 19.3 Å². The highest BCUT2D eigenvalue weighted by Gasteiger charge is 2.30. The molecular weight excluding hydrogens is 1230 g/mol. The van der Waals surface area contributed by atoms with Crippen LogP contribution in [0.5, 0.6) is 0 Å². The summed E-state index contributed by atoms with van der Waals surface area (Å²) in [5.41, 5.74) is 0. The van der Waals surface area contributed by atoms with Crippen LogP contribution in [0.1, 0.15) is 388 Å². The fraction of sp³-hybridized carbons (Fsp3) is 0.947. The Kier molecular flexibility index (Phi) is 65.5. The number of carbonyl (C=O) groups excluding carboxylic acids is 4. The van der Waals surface area contributed by atoms with Crippen molar-refractivity contribution in [3.8, 4) is 0 Å². The van der Waals surface area contributed by atoms with Gasteiger partial charge in [0.2, 0.25) is 0 Å². The number of unbranched alkanes of at least 4 members (excludes halogenated alkanes) is 44. The topological polar surface area (TPSA) is 237 Å². The van der Waals surface area contributed by atoms with Crippen LogP contribution in [-0.4, -0.2) is 96.7 Å². The molecule has 0 aliphatic rings. The Labute approximate surface area is 575 Å². The van der Waals surface area contributed by atoms with Crippen LogP contribution >= 0.6 is 15.6 Å². The van der Waals surface area contributed by atoms with Crippen molar-refractivity contribution in [3.63, 3.8) is 0 Å². The molecule has 0 aromatic heterocycles. The quantitative estimate of drug-likeness (QED) is 0.0222. The molecule has 0 aliphatic heterocycles. The van der Waals surface area contributed by atoms with Crippen molar-refractivity contribution < 1.29 is 80.2 Å². The smallest absolute Gasteiger partial charge is 0.462 e. The Balaban J connectivity index is 5.24. The molecule has 0 bridgehead atoms. The summed E-state index contributed by atoms with van der Waals surface area (Å²) in [5, 5.41) is 10.6. The van der Waals surface area contributed by atoms with Crippen LogP contribution in [0.25, 0.3) is 0 Å². The van der Waals surface area contributed by atoms with E-state index in [4.69, 9.17) is 37.0 Å². The van der Waals surface area contributed by atoms with E-state index in [1.807, 2.05) is 0 Å². The van der Waals surface area contributed by atoms with E-state index >= 15 is 0 Å². The monoisotopic (exact) mass is 1380 g/mol. The van der Waals surface area contributed by atoms with Gasteiger partial charge in [0.25, 0.3) is 0 Å². The average molecular weight is 1380 g/mol. The minimum absolute atomic E-state index is 0.107. The van der Waals surface area contributed by atoms with Crippen LogP contribution in [0.3, 0.4) is 0 Å². The van der Waals surface area contributed by atoms with Gasteiger partial charge in [0.05, 0.1) is 26.4 Å². The van der Waals surface area contributed by atoms with E-state index < -0.39 is 97.5 Å². The second kappa shape index (κ2) is 66.9. The van der Waals surface area contributed by atoms with Gasteiger partial charge in [-0.05, 0) is 37.5 Å². The van der Waals surface area contributed by atoms with Crippen LogP contribution in [0.15, 0.2) is 0 Å². The summed E-state index contributed by atoms with van der Waals surface area (Å²) in [5.74, 6) is -0.537. The average Bonchev–Trinajstić information content (AvgIpc) is 1.30. The molecule has 0 heterocycles. The summed E-state index contributed by atoms with van der Waals surface area (Å²) in [4.78, 5) is 72.8. The largest absolute Gasteiger partial charge is 0.472 e. The summed E-state index contributed by atoms with van der Waals surface area (Å²) >= 11 is 0. The number of ether oxygens (including phenoxy) is 4. The number of phosphoric ester groups is 2. The van der Waals surface area contributed by atoms with Crippen LogP contribution in [0, 0.1) is 11.8 Å². The zero-order valence-electron chi connectivity index (χ0n) is 61.3. The van der Waals surface area contributed by atoms with Gasteiger partial charge < -0.3 is 33.8 Å². The maximum absolute atomic E-state index is 13.1. The van der Waals surface area contributed by atoms with Crippen LogP contribution in [0.2, 0.25) is 0 Å². The lowest BCUT2D eigenvalue weighted by atomic mass is 10.0. The Morgan fingerprint density at radius 2 is 0.489 bits per heavy atom. The van der Waals surface area contributed by atoms with E-state index in [0.29, 0.717) is 25.7 Å². The van der Waals surface area contributed by atoms with E-state index in [0.717, 1.165) is 102 Å². The maximum atomic E-state index is 13.1. The molecule has 0 fully saturated rings. The Bertz CT molecular complexity index is 1820. The molecule has 0 amide bonds. The molecule has 5 atom stereocenters. The van der Waals surface area contributed by atoms with Crippen molar-refractivity contribution in [2.75, 3.05) is 39.6 Å². The van der Waals surface area contributed by atoms with Crippen molar-refractivity contribution in [2.24, 2.45) is 11.8 Å². The maximum Gasteiger partial charge on any atom is 0.472 e. The first-order chi connectivity index (χ1) is 45.4. The number of aliphatic hydroxyl groups excluding tert-OH is 1. The summed E-state index contributed by atoms with van der Waals surface area (Å²) in [6, 6.07) is 0. The minimum Gasteiger partial charge on any atom is -0.462 e. The standard InChI is InChI=1S/C75H146O17P2/c1-7-9-11-13-15-17-19-28-35-41-47-53-59-74(79)91-70(63-85-72(77)57-51-45-39-33-18-16-14-12-10-8-2)65-89-93(81,82)87-61-69(76)62-88-94(83,84)90-66-71(92-75(80)60-54-48-42-36-30-25-21-23-27-32-38-44-50-56-68(5)6)64-86-73(78)58-52-46-40-34-29-24-20-22-26-31-37-43-49-55-67(3)4/h67-71,76H,7-66H2,1-6H3,(H,81,82)(H,83,84)/t69-,70+,71+/m0/s1. The van der Waals surface area contributed by atoms with Crippen molar-refractivity contribution in [3.05, 3.63) is 0 Å². The molecule has 0 spiro atoms. The molecule has 0 rings (SSSR count). The SMILES string of the molecule is CCCCCCCCCCCCCCC(=O)O[C@H](COC(=O)CCCCCCCCCCCC)COP(=O)(O)OC[C@H](O)COP(=O)(O)OC[C@@H](COC(=O)CCCCCCCCCCCCCCCC(C)C)OC(=O)CCCCCCCCCCCCCCCC(C)C. The van der Waals surface area contributed by atoms with E-state index in [-0.39, 0.29) is 25.7 Å². The highest BCUT2D eigenvalue weighted by Crippen LogP contribution is 2.45. The third-order valence-electron chi connectivity index (χ3n) is 17.5. The molecule has 94 heavy (non-hydrogen) atoms. The van der Waals surface area contributed by atoms with Gasteiger partial charge in [-0.15, -0.1) is 0 Å². The highest BCUT2D eigenvalue weighted by molar-refractivity contribution is 7.47. The second-order valence-corrected chi connectivity index (χ2v) is 30.9. The number of hydrogen-bond donors (Lipinski definition) is 3. The third kappa shape index (κ3) is 68.6. The van der Waals surface area contributed by atoms with Crippen molar-refractivity contribution >= 4 is 39.5 Å². The van der Waals surface area contributed by atoms with E-state index in [1.54, 1.807) is 0 Å². The van der Waals surface area contributed by atoms with Crippen LogP contribution in [-0.2, 0) is 65.4 Å². The van der Waals surface area contributed by atoms with Gasteiger partial charge in [-0.25, -0.2) is 9.13 Å². The lowest BCUT2D eigenvalue weighted by Gasteiger charge is -2.21. The lowest BCUT2D eigenvalue weighted by Crippen LogP contribution is -2.30. The highest BCUT2D eigenvalue weighted by atomic mass is 31.2.